The minimum absolute atomic E-state index is 0.140. The Kier molecular flexibility index (Phi) is 4.86. The van der Waals surface area contributed by atoms with Gasteiger partial charge in [0, 0.05) is 18.4 Å². The quantitative estimate of drug-likeness (QED) is 0.854. The lowest BCUT2D eigenvalue weighted by Gasteiger charge is -2.21. The van der Waals surface area contributed by atoms with Gasteiger partial charge in [-0.05, 0) is 41.7 Å². The third kappa shape index (κ3) is 4.62. The van der Waals surface area contributed by atoms with Crippen LogP contribution in [0.15, 0.2) is 54.6 Å². The van der Waals surface area contributed by atoms with Gasteiger partial charge in [-0.2, -0.15) is 0 Å². The molecular weight excluding hydrogens is 272 g/mol. The number of nitrogens with zero attached hydrogens (tertiary/aromatic N) is 1. The van der Waals surface area contributed by atoms with Crippen LogP contribution in [0, 0.1) is 5.41 Å². The molecule has 0 aliphatic heterocycles. The largest absolute Gasteiger partial charge is 0.326 e. The molecule has 22 heavy (non-hydrogen) atoms. The van der Waals surface area contributed by atoms with E-state index in [0.717, 1.165) is 17.8 Å². The number of benzene rings is 2. The van der Waals surface area contributed by atoms with E-state index in [0.29, 0.717) is 0 Å². The van der Waals surface area contributed by atoms with E-state index >= 15 is 0 Å². The molecule has 0 unspecified atom stereocenters. The Morgan fingerprint density at radius 2 is 1.73 bits per heavy atom. The van der Waals surface area contributed by atoms with Crippen molar-refractivity contribution in [2.45, 2.75) is 27.2 Å². The average molecular weight is 296 g/mol. The van der Waals surface area contributed by atoms with E-state index in [-0.39, 0.29) is 11.4 Å². The van der Waals surface area contributed by atoms with Gasteiger partial charge in [-0.15, -0.1) is 0 Å². The minimum Gasteiger partial charge on any atom is -0.308 e. The first-order valence-electron chi connectivity index (χ1n) is 7.54. The second kappa shape index (κ2) is 6.65. The summed E-state index contributed by atoms with van der Waals surface area (Å²) in [5.41, 5.74) is 3.16. The van der Waals surface area contributed by atoms with Crippen molar-refractivity contribution in [1.82, 2.24) is 0 Å². The maximum Gasteiger partial charge on any atom is 0.326 e. The van der Waals surface area contributed by atoms with Gasteiger partial charge in [0.05, 0.1) is 0 Å². The Hall–Kier alpha value is -2.29. The molecule has 0 radical (unpaired) electrons. The number of rotatable bonds is 3. The molecule has 0 atom stereocenters. The summed E-state index contributed by atoms with van der Waals surface area (Å²) in [6, 6.07) is 17.5. The van der Waals surface area contributed by atoms with E-state index in [1.165, 1.54) is 5.56 Å². The van der Waals surface area contributed by atoms with Gasteiger partial charge in [-0.1, -0.05) is 51.1 Å². The third-order valence-electron chi connectivity index (χ3n) is 3.36. The molecule has 0 aromatic heterocycles. The summed E-state index contributed by atoms with van der Waals surface area (Å²) in [6.45, 7) is 6.64. The van der Waals surface area contributed by atoms with Crippen molar-refractivity contribution >= 4 is 17.4 Å². The zero-order valence-corrected chi connectivity index (χ0v) is 13.8. The molecule has 0 heterocycles. The van der Waals surface area contributed by atoms with Crippen LogP contribution in [-0.4, -0.2) is 13.1 Å². The Labute approximate surface area is 133 Å². The fourth-order valence-corrected chi connectivity index (χ4v) is 2.33. The lowest BCUT2D eigenvalue weighted by atomic mass is 9.88. The smallest absolute Gasteiger partial charge is 0.308 e. The molecule has 2 amide bonds. The summed E-state index contributed by atoms with van der Waals surface area (Å²) in [5.74, 6) is 0. The van der Waals surface area contributed by atoms with Gasteiger partial charge in [0.1, 0.15) is 0 Å². The van der Waals surface area contributed by atoms with Crippen LogP contribution in [0.4, 0.5) is 16.2 Å². The Balaban J connectivity index is 2.10. The highest BCUT2D eigenvalue weighted by Crippen LogP contribution is 2.24. The molecule has 3 heteroatoms. The van der Waals surface area contributed by atoms with Crippen molar-refractivity contribution in [3.8, 4) is 0 Å². The summed E-state index contributed by atoms with van der Waals surface area (Å²) in [7, 11) is 1.79. The monoisotopic (exact) mass is 296 g/mol. The Morgan fingerprint density at radius 1 is 1.05 bits per heavy atom. The highest BCUT2D eigenvalue weighted by Gasteiger charge is 2.14. The fourth-order valence-electron chi connectivity index (χ4n) is 2.33. The summed E-state index contributed by atoms with van der Waals surface area (Å²) in [5, 5.41) is 2.89. The van der Waals surface area contributed by atoms with Crippen molar-refractivity contribution in [2.75, 3.05) is 17.3 Å². The minimum atomic E-state index is -0.140. The van der Waals surface area contributed by atoms with Crippen LogP contribution in [0.5, 0.6) is 0 Å². The van der Waals surface area contributed by atoms with Crippen LogP contribution >= 0.6 is 0 Å². The Bertz CT molecular complexity index is 629. The van der Waals surface area contributed by atoms with E-state index in [2.05, 4.69) is 38.2 Å². The van der Waals surface area contributed by atoms with Crippen LogP contribution in [0.1, 0.15) is 26.3 Å². The fraction of sp³-hybridized carbons (Fsp3) is 0.316. The standard InChI is InChI=1S/C19H24N2O/c1-19(2,3)14-15-9-8-12-17(13-15)21(4)18(22)20-16-10-6-5-7-11-16/h5-13H,14H2,1-4H3,(H,20,22). The van der Waals surface area contributed by atoms with E-state index in [9.17, 15) is 4.79 Å². The number of anilines is 2. The summed E-state index contributed by atoms with van der Waals surface area (Å²) in [4.78, 5) is 14.0. The molecule has 1 N–H and O–H groups in total. The molecule has 0 spiro atoms. The highest BCUT2D eigenvalue weighted by atomic mass is 16.2. The number of carbonyl (C=O) groups excluding carboxylic acids is 1. The zero-order chi connectivity index (χ0) is 16.2. The number of amides is 2. The van der Waals surface area contributed by atoms with Crippen LogP contribution < -0.4 is 10.2 Å². The van der Waals surface area contributed by atoms with E-state index in [1.54, 1.807) is 11.9 Å². The Morgan fingerprint density at radius 3 is 2.36 bits per heavy atom. The average Bonchev–Trinajstić information content (AvgIpc) is 2.46. The molecule has 2 aromatic carbocycles. The topological polar surface area (TPSA) is 32.3 Å². The maximum absolute atomic E-state index is 12.3. The lowest BCUT2D eigenvalue weighted by molar-refractivity contribution is 0.258. The van der Waals surface area contributed by atoms with Crippen LogP contribution in [-0.2, 0) is 6.42 Å². The molecule has 0 saturated heterocycles. The van der Waals surface area contributed by atoms with Gasteiger partial charge < -0.3 is 5.32 Å². The lowest BCUT2D eigenvalue weighted by Crippen LogP contribution is -2.31. The summed E-state index contributed by atoms with van der Waals surface area (Å²) >= 11 is 0. The first-order valence-corrected chi connectivity index (χ1v) is 7.54. The molecule has 116 valence electrons. The van der Waals surface area contributed by atoms with Gasteiger partial charge in [0.2, 0.25) is 0 Å². The summed E-state index contributed by atoms with van der Waals surface area (Å²) < 4.78 is 0. The molecule has 0 aliphatic carbocycles. The number of para-hydroxylation sites is 1. The second-order valence-electron chi connectivity index (χ2n) is 6.76. The number of nitrogens with one attached hydrogen (secondary N) is 1. The molecule has 2 aromatic rings. The molecule has 0 saturated carbocycles. The third-order valence-corrected chi connectivity index (χ3v) is 3.36. The molecule has 2 rings (SSSR count). The molecule has 0 aliphatic rings. The van der Waals surface area contributed by atoms with Crippen molar-refractivity contribution in [2.24, 2.45) is 5.41 Å². The van der Waals surface area contributed by atoms with Crippen molar-refractivity contribution < 1.29 is 4.79 Å². The number of hydrogen-bond donors (Lipinski definition) is 1. The number of carbonyl (C=O) groups is 1. The van der Waals surface area contributed by atoms with Crippen LogP contribution in [0.2, 0.25) is 0 Å². The van der Waals surface area contributed by atoms with Gasteiger partial charge in [0.15, 0.2) is 0 Å². The second-order valence-corrected chi connectivity index (χ2v) is 6.76. The van der Waals surface area contributed by atoms with Gasteiger partial charge in [-0.3, -0.25) is 4.90 Å². The van der Waals surface area contributed by atoms with E-state index in [4.69, 9.17) is 0 Å². The number of urea groups is 1. The first kappa shape index (κ1) is 16.1. The van der Waals surface area contributed by atoms with Crippen molar-refractivity contribution in [3.63, 3.8) is 0 Å². The maximum atomic E-state index is 12.3. The molecule has 3 nitrogen and oxygen atoms in total. The summed E-state index contributed by atoms with van der Waals surface area (Å²) in [6.07, 6.45) is 0.981. The van der Waals surface area contributed by atoms with Crippen LogP contribution in [0.25, 0.3) is 0 Å². The van der Waals surface area contributed by atoms with Gasteiger partial charge in [-0.25, -0.2) is 4.79 Å². The predicted octanol–water partition coefficient (Wildman–Crippen LogP) is 4.94. The van der Waals surface area contributed by atoms with Gasteiger partial charge in [0.25, 0.3) is 0 Å². The molecular formula is C19H24N2O. The van der Waals surface area contributed by atoms with Crippen molar-refractivity contribution in [1.29, 1.82) is 0 Å². The highest BCUT2D eigenvalue weighted by molar-refractivity contribution is 6.01. The normalized spacial score (nSPS) is 11.1. The first-order chi connectivity index (χ1) is 10.3. The molecule has 0 bridgehead atoms. The van der Waals surface area contributed by atoms with E-state index < -0.39 is 0 Å². The van der Waals surface area contributed by atoms with Crippen LogP contribution in [0.3, 0.4) is 0 Å². The molecule has 0 fully saturated rings. The predicted molar refractivity (Wildman–Crippen MR) is 93.5 cm³/mol. The zero-order valence-electron chi connectivity index (χ0n) is 13.8. The SMILES string of the molecule is CN(C(=O)Nc1ccccc1)c1cccc(CC(C)(C)C)c1. The van der Waals surface area contributed by atoms with E-state index in [1.807, 2.05) is 42.5 Å². The van der Waals surface area contributed by atoms with Crippen molar-refractivity contribution in [3.05, 3.63) is 60.2 Å². The van der Waals surface area contributed by atoms with Gasteiger partial charge >= 0.3 is 6.03 Å². The number of hydrogen-bond acceptors (Lipinski definition) is 1.